The Kier molecular flexibility index (Phi) is 4.75. The lowest BCUT2D eigenvalue weighted by atomic mass is 10.0. The molecule has 0 unspecified atom stereocenters. The fraction of sp³-hybridized carbons (Fsp3) is 0.111. The third-order valence-electron chi connectivity index (χ3n) is 2.93. The van der Waals surface area contributed by atoms with Crippen LogP contribution in [0.3, 0.4) is 0 Å². The molecule has 0 saturated carbocycles. The zero-order valence-electron chi connectivity index (χ0n) is 11.2. The van der Waals surface area contributed by atoms with Gasteiger partial charge in [-0.15, -0.1) is 0 Å². The molecule has 0 aliphatic carbocycles. The maximum absolute atomic E-state index is 3.46. The van der Waals surface area contributed by atoms with Crippen LogP contribution in [0.2, 0.25) is 0 Å². The standard InChI is InChI=1S/C16H11Br.C2H6/c17-16-9-7-13(8-10-16)15-6-5-12-3-1-2-4-14(12)11-15;1-2/h1-11H;1-2H3. The molecular formula is C18H17Br. The largest absolute Gasteiger partial charge is 0.0683 e. The molecule has 1 heteroatoms. The van der Waals surface area contributed by atoms with Gasteiger partial charge < -0.3 is 0 Å². The molecule has 0 radical (unpaired) electrons. The molecule has 0 N–H and O–H groups in total. The number of hydrogen-bond acceptors (Lipinski definition) is 0. The van der Waals surface area contributed by atoms with E-state index in [2.05, 4.69) is 82.7 Å². The minimum Gasteiger partial charge on any atom is -0.0683 e. The minimum absolute atomic E-state index is 1.11. The summed E-state index contributed by atoms with van der Waals surface area (Å²) in [4.78, 5) is 0. The van der Waals surface area contributed by atoms with E-state index in [0.717, 1.165) is 4.47 Å². The lowest BCUT2D eigenvalue weighted by Gasteiger charge is -2.04. The average Bonchev–Trinajstić information content (AvgIpc) is 2.49. The summed E-state index contributed by atoms with van der Waals surface area (Å²) in [5.74, 6) is 0. The van der Waals surface area contributed by atoms with Crippen molar-refractivity contribution in [2.45, 2.75) is 13.8 Å². The van der Waals surface area contributed by atoms with Crippen molar-refractivity contribution in [2.24, 2.45) is 0 Å². The summed E-state index contributed by atoms with van der Waals surface area (Å²) in [6.45, 7) is 4.00. The van der Waals surface area contributed by atoms with Gasteiger partial charge in [0.25, 0.3) is 0 Å². The highest BCUT2D eigenvalue weighted by Gasteiger charge is 1.99. The smallest absolute Gasteiger partial charge is 0.0175 e. The Morgan fingerprint density at radius 2 is 1.21 bits per heavy atom. The Balaban J connectivity index is 0.000000637. The molecule has 0 bridgehead atoms. The van der Waals surface area contributed by atoms with Crippen LogP contribution in [0.5, 0.6) is 0 Å². The second-order valence-corrected chi connectivity index (χ2v) is 4.98. The van der Waals surface area contributed by atoms with Crippen LogP contribution in [0.25, 0.3) is 21.9 Å². The van der Waals surface area contributed by atoms with Gasteiger partial charge in [0, 0.05) is 4.47 Å². The molecule has 3 aromatic rings. The van der Waals surface area contributed by atoms with Gasteiger partial charge in [-0.05, 0) is 40.1 Å². The number of rotatable bonds is 1. The van der Waals surface area contributed by atoms with E-state index < -0.39 is 0 Å². The quantitative estimate of drug-likeness (QED) is 0.495. The van der Waals surface area contributed by atoms with Crippen LogP contribution in [-0.2, 0) is 0 Å². The third kappa shape index (κ3) is 3.24. The molecule has 0 atom stereocenters. The van der Waals surface area contributed by atoms with Crippen LogP contribution >= 0.6 is 15.9 Å². The van der Waals surface area contributed by atoms with Crippen molar-refractivity contribution in [2.75, 3.05) is 0 Å². The van der Waals surface area contributed by atoms with Crippen LogP contribution in [0, 0.1) is 0 Å². The molecule has 0 saturated heterocycles. The highest BCUT2D eigenvalue weighted by Crippen LogP contribution is 2.25. The molecule has 0 fully saturated rings. The lowest BCUT2D eigenvalue weighted by Crippen LogP contribution is -1.78. The van der Waals surface area contributed by atoms with Gasteiger partial charge in [-0.3, -0.25) is 0 Å². The van der Waals surface area contributed by atoms with E-state index in [-0.39, 0.29) is 0 Å². The van der Waals surface area contributed by atoms with Crippen LogP contribution in [0.15, 0.2) is 71.2 Å². The van der Waals surface area contributed by atoms with Crippen molar-refractivity contribution in [1.29, 1.82) is 0 Å². The molecule has 0 aromatic heterocycles. The third-order valence-corrected chi connectivity index (χ3v) is 3.46. The summed E-state index contributed by atoms with van der Waals surface area (Å²) in [7, 11) is 0. The van der Waals surface area contributed by atoms with Gasteiger partial charge in [-0.25, -0.2) is 0 Å². The van der Waals surface area contributed by atoms with Crippen LogP contribution in [0.1, 0.15) is 13.8 Å². The molecule has 0 heterocycles. The second kappa shape index (κ2) is 6.53. The summed E-state index contributed by atoms with van der Waals surface area (Å²) >= 11 is 3.46. The minimum atomic E-state index is 1.11. The topological polar surface area (TPSA) is 0 Å². The SMILES string of the molecule is Brc1ccc(-c2ccc3ccccc3c2)cc1.CC. The van der Waals surface area contributed by atoms with Crippen molar-refractivity contribution in [1.82, 2.24) is 0 Å². The van der Waals surface area contributed by atoms with E-state index in [1.165, 1.54) is 21.9 Å². The van der Waals surface area contributed by atoms with E-state index in [9.17, 15) is 0 Å². The summed E-state index contributed by atoms with van der Waals surface area (Å²) < 4.78 is 1.11. The Hall–Kier alpha value is -1.60. The first-order chi connectivity index (χ1) is 9.33. The van der Waals surface area contributed by atoms with Crippen molar-refractivity contribution >= 4 is 26.7 Å². The zero-order valence-corrected chi connectivity index (χ0v) is 12.8. The van der Waals surface area contributed by atoms with E-state index in [1.54, 1.807) is 0 Å². The Morgan fingerprint density at radius 3 is 1.89 bits per heavy atom. The number of benzene rings is 3. The maximum Gasteiger partial charge on any atom is 0.0175 e. The number of hydrogen-bond donors (Lipinski definition) is 0. The second-order valence-electron chi connectivity index (χ2n) is 4.07. The van der Waals surface area contributed by atoms with Crippen LogP contribution in [0.4, 0.5) is 0 Å². The Labute approximate surface area is 123 Å². The molecule has 0 spiro atoms. The first-order valence-electron chi connectivity index (χ1n) is 6.58. The molecule has 3 aromatic carbocycles. The monoisotopic (exact) mass is 312 g/mol. The van der Waals surface area contributed by atoms with Crippen molar-refractivity contribution in [3.63, 3.8) is 0 Å². The average molecular weight is 313 g/mol. The Bertz CT molecular complexity index is 654. The van der Waals surface area contributed by atoms with Gasteiger partial charge in [-0.2, -0.15) is 0 Å². The fourth-order valence-corrected chi connectivity index (χ4v) is 2.28. The molecule has 0 aliphatic heterocycles. The Morgan fingerprint density at radius 1 is 0.632 bits per heavy atom. The van der Waals surface area contributed by atoms with Crippen LogP contribution < -0.4 is 0 Å². The number of halogens is 1. The van der Waals surface area contributed by atoms with Crippen LogP contribution in [-0.4, -0.2) is 0 Å². The molecule has 0 aliphatic rings. The first kappa shape index (κ1) is 13.8. The predicted octanol–water partition coefficient (Wildman–Crippen LogP) is 6.30. The molecule has 96 valence electrons. The van der Waals surface area contributed by atoms with E-state index >= 15 is 0 Å². The highest BCUT2D eigenvalue weighted by atomic mass is 79.9. The van der Waals surface area contributed by atoms with E-state index in [0.29, 0.717) is 0 Å². The molecular weight excluding hydrogens is 296 g/mol. The van der Waals surface area contributed by atoms with Gasteiger partial charge in [0.1, 0.15) is 0 Å². The predicted molar refractivity (Wildman–Crippen MR) is 88.4 cm³/mol. The molecule has 0 amide bonds. The zero-order chi connectivity index (χ0) is 13.7. The normalized spacial score (nSPS) is 9.84. The van der Waals surface area contributed by atoms with Crippen molar-refractivity contribution in [3.05, 3.63) is 71.2 Å². The van der Waals surface area contributed by atoms with Gasteiger partial charge in [0.2, 0.25) is 0 Å². The lowest BCUT2D eigenvalue weighted by molar-refractivity contribution is 1.50. The van der Waals surface area contributed by atoms with Gasteiger partial charge in [-0.1, -0.05) is 78.3 Å². The summed E-state index contributed by atoms with van der Waals surface area (Å²) in [5, 5.41) is 2.57. The summed E-state index contributed by atoms with van der Waals surface area (Å²) in [6.07, 6.45) is 0. The summed E-state index contributed by atoms with van der Waals surface area (Å²) in [6, 6.07) is 23.4. The molecule has 0 nitrogen and oxygen atoms in total. The van der Waals surface area contributed by atoms with Gasteiger partial charge >= 0.3 is 0 Å². The van der Waals surface area contributed by atoms with Gasteiger partial charge in [0.15, 0.2) is 0 Å². The van der Waals surface area contributed by atoms with E-state index in [4.69, 9.17) is 0 Å². The summed E-state index contributed by atoms with van der Waals surface area (Å²) in [5.41, 5.74) is 2.51. The highest BCUT2D eigenvalue weighted by molar-refractivity contribution is 9.10. The first-order valence-corrected chi connectivity index (χ1v) is 7.37. The molecule has 19 heavy (non-hydrogen) atoms. The number of fused-ring (bicyclic) bond motifs is 1. The van der Waals surface area contributed by atoms with Crippen molar-refractivity contribution in [3.8, 4) is 11.1 Å². The van der Waals surface area contributed by atoms with Gasteiger partial charge in [0.05, 0.1) is 0 Å². The van der Waals surface area contributed by atoms with E-state index in [1.807, 2.05) is 13.8 Å². The maximum atomic E-state index is 3.46. The fourth-order valence-electron chi connectivity index (χ4n) is 2.01. The van der Waals surface area contributed by atoms with Crippen molar-refractivity contribution < 1.29 is 0 Å². The molecule has 3 rings (SSSR count).